The minimum Gasteiger partial charge on any atom is -0.395 e. The zero-order valence-electron chi connectivity index (χ0n) is 15.8. The molecule has 0 unspecified atom stereocenters. The van der Waals surface area contributed by atoms with Gasteiger partial charge in [-0.1, -0.05) is 46.3 Å². The fourth-order valence-corrected chi connectivity index (χ4v) is 4.80. The van der Waals surface area contributed by atoms with Crippen LogP contribution >= 0.6 is 15.9 Å². The maximum atomic E-state index is 12.9. The molecule has 0 aromatic heterocycles. The molecule has 0 bridgehead atoms. The van der Waals surface area contributed by atoms with Gasteiger partial charge in [-0.2, -0.15) is 0 Å². The largest absolute Gasteiger partial charge is 0.395 e. The smallest absolute Gasteiger partial charge is 0.321 e. The number of carbonyl (C=O) groups excluding carboxylic acids is 1. The number of para-hydroxylation sites is 1. The van der Waals surface area contributed by atoms with Gasteiger partial charge in [0.05, 0.1) is 6.61 Å². The number of carbonyl (C=O) groups is 1. The highest BCUT2D eigenvalue weighted by Gasteiger charge is 2.49. The van der Waals surface area contributed by atoms with Crippen molar-refractivity contribution >= 4 is 27.6 Å². The summed E-state index contributed by atoms with van der Waals surface area (Å²) in [5.41, 5.74) is 2.05. The van der Waals surface area contributed by atoms with Crippen molar-refractivity contribution < 1.29 is 9.90 Å². The molecule has 2 fully saturated rings. The van der Waals surface area contributed by atoms with E-state index in [-0.39, 0.29) is 30.6 Å². The summed E-state index contributed by atoms with van der Waals surface area (Å²) in [7, 11) is 0. The normalized spacial score (nSPS) is 25.2. The van der Waals surface area contributed by atoms with Crippen LogP contribution in [0, 0.1) is 0 Å². The van der Waals surface area contributed by atoms with Gasteiger partial charge in [-0.3, -0.25) is 4.90 Å². The quantitative estimate of drug-likeness (QED) is 0.755. The van der Waals surface area contributed by atoms with Crippen molar-refractivity contribution in [2.45, 2.75) is 30.8 Å². The lowest BCUT2D eigenvalue weighted by Crippen LogP contribution is -2.68. The standard InChI is InChI=1S/C22H26BrN3O2/c23-17-10-8-16(9-11-17)21-19-14-25(12-4-5-13-26(19)20(21)15-27)22(28)24-18-6-2-1-3-7-18/h1-3,6-11,19-21,27H,4-5,12-15H2,(H,24,28)/t19-,20+,21+/m1/s1. The Bertz CT molecular complexity index is 799. The van der Waals surface area contributed by atoms with E-state index in [1.54, 1.807) is 0 Å². The summed E-state index contributed by atoms with van der Waals surface area (Å²) in [5.74, 6) is 0.239. The van der Waals surface area contributed by atoms with E-state index in [1.807, 2.05) is 35.2 Å². The molecule has 2 aliphatic rings. The SMILES string of the molecule is O=C(Nc1ccccc1)N1CCCCN2[C@H](C1)[C@H](c1ccc(Br)cc1)[C@@H]2CO. The molecule has 2 aromatic carbocycles. The molecule has 6 heteroatoms. The van der Waals surface area contributed by atoms with Crippen molar-refractivity contribution in [3.8, 4) is 0 Å². The molecule has 0 spiro atoms. The van der Waals surface area contributed by atoms with E-state index in [0.717, 1.165) is 36.1 Å². The Balaban J connectivity index is 1.52. The molecule has 2 aromatic rings. The fraction of sp³-hybridized carbons (Fsp3) is 0.409. The number of hydrogen-bond donors (Lipinski definition) is 2. The summed E-state index contributed by atoms with van der Waals surface area (Å²) in [5, 5.41) is 13.0. The molecular formula is C22H26BrN3O2. The van der Waals surface area contributed by atoms with Crippen LogP contribution < -0.4 is 5.32 Å². The van der Waals surface area contributed by atoms with Gasteiger partial charge in [0, 0.05) is 41.3 Å². The molecular weight excluding hydrogens is 418 g/mol. The van der Waals surface area contributed by atoms with E-state index >= 15 is 0 Å². The summed E-state index contributed by atoms with van der Waals surface area (Å²) in [6.07, 6.45) is 2.02. The second-order valence-electron chi connectivity index (χ2n) is 7.58. The Morgan fingerprint density at radius 3 is 2.50 bits per heavy atom. The molecule has 148 valence electrons. The second kappa shape index (κ2) is 8.64. The molecule has 0 aliphatic carbocycles. The third kappa shape index (κ3) is 3.95. The van der Waals surface area contributed by atoms with Gasteiger partial charge in [-0.05, 0) is 49.2 Å². The highest BCUT2D eigenvalue weighted by atomic mass is 79.9. The lowest BCUT2D eigenvalue weighted by atomic mass is 9.74. The first-order valence-electron chi connectivity index (χ1n) is 9.90. The summed E-state index contributed by atoms with van der Waals surface area (Å²) >= 11 is 3.50. The lowest BCUT2D eigenvalue weighted by Gasteiger charge is -2.57. The zero-order chi connectivity index (χ0) is 19.5. The van der Waals surface area contributed by atoms with Crippen LogP contribution in [-0.2, 0) is 0 Å². The predicted molar refractivity (Wildman–Crippen MR) is 115 cm³/mol. The Morgan fingerprint density at radius 2 is 1.79 bits per heavy atom. The average molecular weight is 444 g/mol. The Hall–Kier alpha value is -1.89. The molecule has 2 heterocycles. The number of rotatable bonds is 3. The average Bonchev–Trinajstić information content (AvgIpc) is 2.69. The molecule has 2 N–H and O–H groups in total. The third-order valence-corrected chi connectivity index (χ3v) is 6.47. The molecule has 0 saturated carbocycles. The number of aliphatic hydroxyl groups is 1. The predicted octanol–water partition coefficient (Wildman–Crippen LogP) is 3.91. The molecule has 2 saturated heterocycles. The number of anilines is 1. The zero-order valence-corrected chi connectivity index (χ0v) is 17.4. The van der Waals surface area contributed by atoms with Crippen LogP contribution in [0.15, 0.2) is 59.1 Å². The highest BCUT2D eigenvalue weighted by Crippen LogP contribution is 2.42. The monoisotopic (exact) mass is 443 g/mol. The minimum atomic E-state index is -0.0462. The number of hydrogen-bond acceptors (Lipinski definition) is 3. The van der Waals surface area contributed by atoms with Crippen LogP contribution in [0.1, 0.15) is 24.3 Å². The van der Waals surface area contributed by atoms with E-state index in [2.05, 4.69) is 50.4 Å². The molecule has 4 rings (SSSR count). The van der Waals surface area contributed by atoms with Gasteiger partial charge in [0.2, 0.25) is 0 Å². The highest BCUT2D eigenvalue weighted by molar-refractivity contribution is 9.10. The number of benzene rings is 2. The van der Waals surface area contributed by atoms with Gasteiger partial charge in [-0.15, -0.1) is 0 Å². The number of nitrogens with one attached hydrogen (secondary N) is 1. The topological polar surface area (TPSA) is 55.8 Å². The number of urea groups is 1. The van der Waals surface area contributed by atoms with E-state index in [9.17, 15) is 9.90 Å². The molecule has 28 heavy (non-hydrogen) atoms. The van der Waals surface area contributed by atoms with Gasteiger partial charge in [0.15, 0.2) is 0 Å². The van der Waals surface area contributed by atoms with Crippen molar-refractivity contribution in [3.05, 3.63) is 64.6 Å². The Kier molecular flexibility index (Phi) is 5.99. The summed E-state index contributed by atoms with van der Waals surface area (Å²) in [4.78, 5) is 17.2. The first-order valence-corrected chi connectivity index (χ1v) is 10.7. The van der Waals surface area contributed by atoms with Crippen LogP contribution in [0.2, 0.25) is 0 Å². The van der Waals surface area contributed by atoms with Gasteiger partial charge < -0.3 is 15.3 Å². The maximum absolute atomic E-state index is 12.9. The summed E-state index contributed by atoms with van der Waals surface area (Å²) in [6.45, 7) is 2.57. The van der Waals surface area contributed by atoms with Crippen molar-refractivity contribution in [2.24, 2.45) is 0 Å². The maximum Gasteiger partial charge on any atom is 0.321 e. The first kappa shape index (κ1) is 19.4. The second-order valence-corrected chi connectivity index (χ2v) is 8.50. The number of fused-ring (bicyclic) bond motifs is 1. The number of nitrogens with zero attached hydrogens (tertiary/aromatic N) is 2. The van der Waals surface area contributed by atoms with Crippen LogP contribution in [0.25, 0.3) is 0 Å². The Morgan fingerprint density at radius 1 is 1.07 bits per heavy atom. The van der Waals surface area contributed by atoms with Gasteiger partial charge in [-0.25, -0.2) is 4.79 Å². The molecule has 3 atom stereocenters. The first-order chi connectivity index (χ1) is 13.7. The number of aliphatic hydroxyl groups excluding tert-OH is 1. The van der Waals surface area contributed by atoms with Crippen molar-refractivity contribution in [1.82, 2.24) is 9.80 Å². The third-order valence-electron chi connectivity index (χ3n) is 5.94. The lowest BCUT2D eigenvalue weighted by molar-refractivity contribution is -0.0585. The summed E-state index contributed by atoms with van der Waals surface area (Å²) < 4.78 is 1.05. The Labute approximate surface area is 174 Å². The van der Waals surface area contributed by atoms with E-state index in [0.29, 0.717) is 6.54 Å². The molecule has 0 radical (unpaired) electrons. The van der Waals surface area contributed by atoms with Crippen LogP contribution in [0.5, 0.6) is 0 Å². The van der Waals surface area contributed by atoms with Crippen molar-refractivity contribution in [3.63, 3.8) is 0 Å². The number of amides is 2. The van der Waals surface area contributed by atoms with Crippen molar-refractivity contribution in [2.75, 3.05) is 31.6 Å². The van der Waals surface area contributed by atoms with E-state index in [1.165, 1.54) is 5.56 Å². The van der Waals surface area contributed by atoms with Crippen molar-refractivity contribution in [1.29, 1.82) is 0 Å². The van der Waals surface area contributed by atoms with Crippen LogP contribution in [0.3, 0.4) is 0 Å². The van der Waals surface area contributed by atoms with Gasteiger partial charge in [0.1, 0.15) is 0 Å². The van der Waals surface area contributed by atoms with E-state index in [4.69, 9.17) is 0 Å². The van der Waals surface area contributed by atoms with Gasteiger partial charge >= 0.3 is 6.03 Å². The minimum absolute atomic E-state index is 0.0462. The molecule has 2 amide bonds. The van der Waals surface area contributed by atoms with Crippen LogP contribution in [0.4, 0.5) is 10.5 Å². The van der Waals surface area contributed by atoms with Gasteiger partial charge in [0.25, 0.3) is 0 Å². The molecule has 5 nitrogen and oxygen atoms in total. The fourth-order valence-electron chi connectivity index (χ4n) is 4.53. The molecule has 2 aliphatic heterocycles. The van der Waals surface area contributed by atoms with E-state index < -0.39 is 0 Å². The number of halogens is 1. The summed E-state index contributed by atoms with van der Waals surface area (Å²) in [6, 6.07) is 18.3. The van der Waals surface area contributed by atoms with Crippen LogP contribution in [-0.4, -0.2) is 59.3 Å².